The van der Waals surface area contributed by atoms with Crippen LogP contribution in [0.3, 0.4) is 0 Å². The molecule has 6 heteroatoms. The average Bonchev–Trinajstić information content (AvgIpc) is 3.25. The number of carbonyl (C=O) groups excluding carboxylic acids is 2. The van der Waals surface area contributed by atoms with E-state index in [0.717, 1.165) is 26.1 Å². The van der Waals surface area contributed by atoms with Crippen LogP contribution in [0.5, 0.6) is 0 Å². The predicted molar refractivity (Wildman–Crippen MR) is 258 cm³/mol. The molecule has 0 aromatic carbocycles. The van der Waals surface area contributed by atoms with Crippen molar-refractivity contribution in [1.29, 1.82) is 0 Å². The molecule has 1 fully saturated rings. The van der Waals surface area contributed by atoms with Gasteiger partial charge in [-0.1, -0.05) is 188 Å². The molecule has 0 N–H and O–H groups in total. The zero-order valence-electron chi connectivity index (χ0n) is 41.0. The number of piperidine rings is 1. The smallest absolute Gasteiger partial charge is 0.306 e. The zero-order chi connectivity index (χ0) is 43.4. The van der Waals surface area contributed by atoms with E-state index < -0.39 is 0 Å². The highest BCUT2D eigenvalue weighted by molar-refractivity contribution is 5.70. The minimum absolute atomic E-state index is 0.0363. The Kier molecular flexibility index (Phi) is 42.2. The van der Waals surface area contributed by atoms with Gasteiger partial charge in [0.2, 0.25) is 0 Å². The Hall–Kier alpha value is -1.14. The maximum atomic E-state index is 12.5. The summed E-state index contributed by atoms with van der Waals surface area (Å²) in [6.07, 6.45) is 46.3. The molecule has 6 nitrogen and oxygen atoms in total. The quantitative estimate of drug-likeness (QED) is 0.0449. The van der Waals surface area contributed by atoms with Crippen molar-refractivity contribution in [2.75, 3.05) is 46.1 Å². The number of ether oxygens (including phenoxy) is 3. The topological polar surface area (TPSA) is 65.1 Å². The molecule has 1 heterocycles. The highest BCUT2D eigenvalue weighted by Crippen LogP contribution is 2.24. The SMILES string of the molecule is CCCCCC(CCCCC)CC(=O)OCCCCCCCCCC(CCCCCCCCCOC(=O)CC(CCCCC)CCCCC)COCCCN1CCCCC1. The molecule has 0 aromatic heterocycles. The van der Waals surface area contributed by atoms with Crippen LogP contribution in [0.25, 0.3) is 0 Å². The molecule has 0 aliphatic carbocycles. The van der Waals surface area contributed by atoms with Crippen molar-refractivity contribution in [3.8, 4) is 0 Å². The molecule has 60 heavy (non-hydrogen) atoms. The minimum Gasteiger partial charge on any atom is -0.466 e. The van der Waals surface area contributed by atoms with E-state index in [1.807, 2.05) is 0 Å². The normalized spacial score (nSPS) is 13.6. The number of esters is 2. The van der Waals surface area contributed by atoms with Crippen molar-refractivity contribution in [1.82, 2.24) is 4.90 Å². The Balaban J connectivity index is 2.22. The molecule has 0 amide bonds. The third kappa shape index (κ3) is 37.4. The summed E-state index contributed by atoms with van der Waals surface area (Å²) in [5.41, 5.74) is 0. The van der Waals surface area contributed by atoms with E-state index in [4.69, 9.17) is 14.2 Å². The van der Waals surface area contributed by atoms with Crippen molar-refractivity contribution in [2.45, 2.75) is 272 Å². The molecule has 0 unspecified atom stereocenters. The van der Waals surface area contributed by atoms with E-state index in [0.29, 0.717) is 43.8 Å². The Morgan fingerprint density at radius 2 is 0.750 bits per heavy atom. The molecule has 0 radical (unpaired) electrons. The fourth-order valence-corrected chi connectivity index (χ4v) is 9.36. The van der Waals surface area contributed by atoms with Crippen molar-refractivity contribution < 1.29 is 23.8 Å². The summed E-state index contributed by atoms with van der Waals surface area (Å²) >= 11 is 0. The molecule has 1 rings (SSSR count). The first-order valence-corrected chi connectivity index (χ1v) is 27.1. The van der Waals surface area contributed by atoms with Gasteiger partial charge in [-0.3, -0.25) is 9.59 Å². The lowest BCUT2D eigenvalue weighted by Gasteiger charge is -2.26. The number of likely N-dealkylation sites (tertiary alicyclic amines) is 1. The van der Waals surface area contributed by atoms with Crippen LogP contribution in [0, 0.1) is 17.8 Å². The van der Waals surface area contributed by atoms with Gasteiger partial charge in [-0.2, -0.15) is 0 Å². The molecule has 0 bridgehead atoms. The maximum Gasteiger partial charge on any atom is 0.306 e. The lowest BCUT2D eigenvalue weighted by molar-refractivity contribution is -0.146. The van der Waals surface area contributed by atoms with Gasteiger partial charge in [-0.15, -0.1) is 0 Å². The molecule has 1 saturated heterocycles. The summed E-state index contributed by atoms with van der Waals surface area (Å²) in [5, 5.41) is 0. The van der Waals surface area contributed by atoms with E-state index in [-0.39, 0.29) is 11.9 Å². The molecule has 0 saturated carbocycles. The van der Waals surface area contributed by atoms with E-state index >= 15 is 0 Å². The van der Waals surface area contributed by atoms with E-state index in [1.165, 1.54) is 238 Å². The molecule has 356 valence electrons. The van der Waals surface area contributed by atoms with Gasteiger partial charge in [0.25, 0.3) is 0 Å². The number of hydrogen-bond donors (Lipinski definition) is 0. The average molecular weight is 848 g/mol. The summed E-state index contributed by atoms with van der Waals surface area (Å²) in [5.74, 6) is 1.80. The second kappa shape index (κ2) is 44.5. The Morgan fingerprint density at radius 3 is 1.15 bits per heavy atom. The zero-order valence-corrected chi connectivity index (χ0v) is 41.0. The van der Waals surface area contributed by atoms with E-state index in [2.05, 4.69) is 32.6 Å². The van der Waals surface area contributed by atoms with E-state index in [9.17, 15) is 9.59 Å². The molecular formula is C54H105NO5. The summed E-state index contributed by atoms with van der Waals surface area (Å²) in [4.78, 5) is 27.7. The fourth-order valence-electron chi connectivity index (χ4n) is 9.36. The summed E-state index contributed by atoms with van der Waals surface area (Å²) in [7, 11) is 0. The molecular weight excluding hydrogens is 743 g/mol. The molecule has 1 aliphatic rings. The number of unbranched alkanes of at least 4 members (excludes halogenated alkanes) is 20. The third-order valence-corrected chi connectivity index (χ3v) is 13.4. The van der Waals surface area contributed by atoms with Crippen LogP contribution < -0.4 is 0 Å². The lowest BCUT2D eigenvalue weighted by Crippen LogP contribution is -2.31. The van der Waals surface area contributed by atoms with Crippen molar-refractivity contribution in [2.24, 2.45) is 17.8 Å². The van der Waals surface area contributed by atoms with Gasteiger partial charge in [0, 0.05) is 32.6 Å². The highest BCUT2D eigenvalue weighted by atomic mass is 16.5. The second-order valence-corrected chi connectivity index (χ2v) is 19.3. The third-order valence-electron chi connectivity index (χ3n) is 13.4. The van der Waals surface area contributed by atoms with Gasteiger partial charge < -0.3 is 19.1 Å². The number of rotatable bonds is 46. The summed E-state index contributed by atoms with van der Waals surface area (Å²) in [6, 6.07) is 0. The van der Waals surface area contributed by atoms with Gasteiger partial charge in [-0.25, -0.2) is 0 Å². The standard InChI is InChI=1S/C54H105NO5/c1-5-9-24-35-50(36-25-10-6-2)47-53(56)59-45-32-21-17-13-15-19-28-39-52(49-58-44-34-43-55-41-30-23-31-42-55)40-29-20-16-14-18-22-33-46-60-54(57)48-51(37-26-11-7-3)38-27-12-8-4/h50-52H,5-49H2,1-4H3. The van der Waals surface area contributed by atoms with Crippen LogP contribution in [0.4, 0.5) is 0 Å². The largest absolute Gasteiger partial charge is 0.466 e. The van der Waals surface area contributed by atoms with E-state index in [1.54, 1.807) is 0 Å². The number of nitrogens with zero attached hydrogens (tertiary/aromatic N) is 1. The van der Waals surface area contributed by atoms with Gasteiger partial charge in [0.15, 0.2) is 0 Å². The fraction of sp³-hybridized carbons (Fsp3) is 0.963. The second-order valence-electron chi connectivity index (χ2n) is 19.3. The van der Waals surface area contributed by atoms with Crippen molar-refractivity contribution in [3.05, 3.63) is 0 Å². The van der Waals surface area contributed by atoms with Crippen molar-refractivity contribution >= 4 is 11.9 Å². The maximum absolute atomic E-state index is 12.5. The Labute approximate surface area is 374 Å². The van der Waals surface area contributed by atoms with Gasteiger partial charge in [-0.05, 0) is 101 Å². The van der Waals surface area contributed by atoms with Crippen LogP contribution in [-0.2, 0) is 23.8 Å². The van der Waals surface area contributed by atoms with Crippen LogP contribution >= 0.6 is 0 Å². The first-order chi connectivity index (χ1) is 29.5. The first-order valence-electron chi connectivity index (χ1n) is 27.1. The molecule has 0 aromatic rings. The molecule has 0 atom stereocenters. The van der Waals surface area contributed by atoms with Gasteiger partial charge in [0.05, 0.1) is 13.2 Å². The van der Waals surface area contributed by atoms with Crippen LogP contribution in [0.2, 0.25) is 0 Å². The Bertz CT molecular complexity index is 829. The van der Waals surface area contributed by atoms with Gasteiger partial charge >= 0.3 is 11.9 Å². The predicted octanol–water partition coefficient (Wildman–Crippen LogP) is 16.2. The van der Waals surface area contributed by atoms with Crippen LogP contribution in [-0.4, -0.2) is 62.9 Å². The monoisotopic (exact) mass is 848 g/mol. The highest BCUT2D eigenvalue weighted by Gasteiger charge is 2.17. The Morgan fingerprint density at radius 1 is 0.400 bits per heavy atom. The summed E-state index contributed by atoms with van der Waals surface area (Å²) < 4.78 is 17.7. The molecule has 1 aliphatic heterocycles. The number of hydrogen-bond acceptors (Lipinski definition) is 6. The first kappa shape index (κ1) is 56.9. The minimum atomic E-state index is 0.0363. The molecule has 0 spiro atoms. The van der Waals surface area contributed by atoms with Crippen LogP contribution in [0.1, 0.15) is 272 Å². The lowest BCUT2D eigenvalue weighted by atomic mass is 9.92. The van der Waals surface area contributed by atoms with Crippen molar-refractivity contribution in [3.63, 3.8) is 0 Å². The van der Waals surface area contributed by atoms with Crippen LogP contribution in [0.15, 0.2) is 0 Å². The van der Waals surface area contributed by atoms with Gasteiger partial charge in [0.1, 0.15) is 0 Å². The number of carbonyl (C=O) groups is 2. The summed E-state index contributed by atoms with van der Waals surface area (Å²) in [6.45, 7) is 15.8.